The van der Waals surface area contributed by atoms with Crippen molar-refractivity contribution in [3.05, 3.63) is 60.6 Å². The van der Waals surface area contributed by atoms with Crippen LogP contribution in [0.4, 0.5) is 0 Å². The lowest BCUT2D eigenvalue weighted by molar-refractivity contribution is 0.280. The summed E-state index contributed by atoms with van der Waals surface area (Å²) in [7, 11) is 3.63. The Bertz CT molecular complexity index is 921. The Hall–Kier alpha value is -3.49. The van der Waals surface area contributed by atoms with Gasteiger partial charge in [0.2, 0.25) is 0 Å². The molecule has 3 rings (SSSR count). The predicted molar refractivity (Wildman–Crippen MR) is 118 cm³/mol. The van der Waals surface area contributed by atoms with Gasteiger partial charge < -0.3 is 28.7 Å². The molecular weight excluding hydrogens is 396 g/mol. The van der Waals surface area contributed by atoms with E-state index in [4.69, 9.17) is 18.9 Å². The summed E-state index contributed by atoms with van der Waals surface area (Å²) in [5.74, 6) is 4.17. The molecule has 0 unspecified atom stereocenters. The van der Waals surface area contributed by atoms with Crippen LogP contribution in [0.2, 0.25) is 0 Å². The van der Waals surface area contributed by atoms with E-state index in [1.165, 1.54) is 0 Å². The van der Waals surface area contributed by atoms with Crippen molar-refractivity contribution in [2.24, 2.45) is 4.99 Å². The number of aromatic nitrogens is 3. The van der Waals surface area contributed by atoms with Gasteiger partial charge in [-0.25, -0.2) is 4.99 Å². The zero-order valence-electron chi connectivity index (χ0n) is 18.3. The van der Waals surface area contributed by atoms with Crippen LogP contribution in [0.25, 0.3) is 0 Å². The quantitative estimate of drug-likeness (QED) is 0.372. The van der Waals surface area contributed by atoms with E-state index in [0.29, 0.717) is 26.2 Å². The monoisotopic (exact) mass is 426 g/mol. The molecule has 0 aliphatic carbocycles. The highest BCUT2D eigenvalue weighted by Gasteiger charge is 2.09. The Morgan fingerprint density at radius 3 is 2.74 bits per heavy atom. The Labute approximate surface area is 182 Å². The summed E-state index contributed by atoms with van der Waals surface area (Å²) >= 11 is 0. The molecule has 0 spiro atoms. The van der Waals surface area contributed by atoms with E-state index < -0.39 is 0 Å². The fraction of sp³-hybridized carbons (Fsp3) is 0.409. The molecule has 0 fully saturated rings. The number of hydrogen-bond acceptors (Lipinski definition) is 6. The van der Waals surface area contributed by atoms with Gasteiger partial charge in [0.05, 0.1) is 19.9 Å². The van der Waals surface area contributed by atoms with Gasteiger partial charge in [-0.1, -0.05) is 6.92 Å². The van der Waals surface area contributed by atoms with Gasteiger partial charge in [0, 0.05) is 26.6 Å². The van der Waals surface area contributed by atoms with Crippen LogP contribution in [-0.2, 0) is 19.5 Å². The highest BCUT2D eigenvalue weighted by atomic mass is 16.5. The molecule has 31 heavy (non-hydrogen) atoms. The molecule has 0 saturated heterocycles. The molecule has 0 bridgehead atoms. The third-order valence-electron chi connectivity index (χ3n) is 4.73. The van der Waals surface area contributed by atoms with Crippen LogP contribution in [0, 0.1) is 0 Å². The van der Waals surface area contributed by atoms with Gasteiger partial charge in [-0.3, -0.25) is 0 Å². The van der Waals surface area contributed by atoms with Gasteiger partial charge in [0.15, 0.2) is 5.96 Å². The third kappa shape index (κ3) is 6.77. The second kappa shape index (κ2) is 11.6. The lowest BCUT2D eigenvalue weighted by atomic mass is 10.3. The molecule has 2 aromatic heterocycles. The number of hydrogen-bond donors (Lipinski definition) is 1. The number of aliphatic imine (C=N–C) groups is 1. The summed E-state index contributed by atoms with van der Waals surface area (Å²) in [5.41, 5.74) is 0. The van der Waals surface area contributed by atoms with Crippen LogP contribution < -0.4 is 14.8 Å². The molecule has 1 aromatic carbocycles. The second-order valence-corrected chi connectivity index (χ2v) is 6.89. The van der Waals surface area contributed by atoms with Crippen molar-refractivity contribution < 1.29 is 13.9 Å². The first-order valence-electron chi connectivity index (χ1n) is 10.3. The molecule has 1 N–H and O–H groups in total. The summed E-state index contributed by atoms with van der Waals surface area (Å²) in [4.78, 5) is 6.74. The number of rotatable bonds is 11. The number of guanidine groups is 1. The standard InChI is InChI=1S/C22H30N6O3/c1-4-21-26-25-17-28(21)12-11-23-22(24-16-20-6-5-14-30-20)27(2)13-15-31-19-9-7-18(29-3)8-10-19/h5-10,14,17H,4,11-13,15-16H2,1-3H3,(H,23,24). The van der Waals surface area contributed by atoms with Crippen molar-refractivity contribution in [3.8, 4) is 11.5 Å². The summed E-state index contributed by atoms with van der Waals surface area (Å²) in [6, 6.07) is 11.3. The Kier molecular flexibility index (Phi) is 8.33. The predicted octanol–water partition coefficient (Wildman–Crippen LogP) is 2.60. The maximum absolute atomic E-state index is 5.85. The van der Waals surface area contributed by atoms with Crippen molar-refractivity contribution in [1.82, 2.24) is 25.0 Å². The summed E-state index contributed by atoms with van der Waals surface area (Å²) in [6.07, 6.45) is 4.26. The molecule has 0 atom stereocenters. The van der Waals surface area contributed by atoms with Gasteiger partial charge in [0.1, 0.15) is 42.6 Å². The van der Waals surface area contributed by atoms with E-state index in [9.17, 15) is 0 Å². The molecule has 0 saturated carbocycles. The van der Waals surface area contributed by atoms with Crippen LogP contribution >= 0.6 is 0 Å². The van der Waals surface area contributed by atoms with Crippen LogP contribution in [0.15, 0.2) is 58.4 Å². The minimum absolute atomic E-state index is 0.464. The smallest absolute Gasteiger partial charge is 0.194 e. The highest BCUT2D eigenvalue weighted by Crippen LogP contribution is 2.16. The largest absolute Gasteiger partial charge is 0.497 e. The highest BCUT2D eigenvalue weighted by molar-refractivity contribution is 5.79. The van der Waals surface area contributed by atoms with Crippen LogP contribution in [0.5, 0.6) is 11.5 Å². The zero-order valence-corrected chi connectivity index (χ0v) is 18.3. The molecule has 9 heteroatoms. The molecule has 0 aliphatic heterocycles. The average molecular weight is 427 g/mol. The maximum atomic E-state index is 5.85. The molecule has 2 heterocycles. The van der Waals surface area contributed by atoms with E-state index in [1.54, 1.807) is 19.7 Å². The first-order valence-corrected chi connectivity index (χ1v) is 10.3. The number of nitrogens with zero attached hydrogens (tertiary/aromatic N) is 5. The average Bonchev–Trinajstić information content (AvgIpc) is 3.48. The Balaban J connectivity index is 1.54. The fourth-order valence-electron chi connectivity index (χ4n) is 2.97. The molecule has 0 amide bonds. The van der Waals surface area contributed by atoms with Crippen molar-refractivity contribution >= 4 is 5.96 Å². The Morgan fingerprint density at radius 1 is 1.23 bits per heavy atom. The maximum Gasteiger partial charge on any atom is 0.194 e. The Morgan fingerprint density at radius 2 is 2.03 bits per heavy atom. The normalized spacial score (nSPS) is 11.4. The van der Waals surface area contributed by atoms with Crippen molar-refractivity contribution in [2.45, 2.75) is 26.4 Å². The van der Waals surface area contributed by atoms with Crippen LogP contribution in [0.1, 0.15) is 18.5 Å². The molecule has 0 aliphatic rings. The van der Waals surface area contributed by atoms with Gasteiger partial charge in [-0.05, 0) is 36.4 Å². The first-order chi connectivity index (χ1) is 15.2. The van der Waals surface area contributed by atoms with E-state index in [-0.39, 0.29) is 0 Å². The molecule has 166 valence electrons. The summed E-state index contributed by atoms with van der Waals surface area (Å²) < 4.78 is 18.5. The van der Waals surface area contributed by atoms with E-state index in [2.05, 4.69) is 22.4 Å². The number of aryl methyl sites for hydroxylation is 1. The van der Waals surface area contributed by atoms with Gasteiger partial charge in [-0.2, -0.15) is 0 Å². The first kappa shape index (κ1) is 22.2. The van der Waals surface area contributed by atoms with Gasteiger partial charge in [-0.15, -0.1) is 10.2 Å². The molecule has 3 aromatic rings. The summed E-state index contributed by atoms with van der Waals surface area (Å²) in [6.45, 7) is 5.18. The number of methoxy groups -OCH3 is 1. The van der Waals surface area contributed by atoms with E-state index >= 15 is 0 Å². The van der Waals surface area contributed by atoms with Crippen LogP contribution in [0.3, 0.4) is 0 Å². The third-order valence-corrected chi connectivity index (χ3v) is 4.73. The topological polar surface area (TPSA) is 89.9 Å². The fourth-order valence-corrected chi connectivity index (χ4v) is 2.97. The second-order valence-electron chi connectivity index (χ2n) is 6.89. The van der Waals surface area contributed by atoms with Crippen molar-refractivity contribution in [2.75, 3.05) is 33.9 Å². The molecule has 0 radical (unpaired) electrons. The minimum Gasteiger partial charge on any atom is -0.497 e. The lowest BCUT2D eigenvalue weighted by Gasteiger charge is -2.23. The number of nitrogens with one attached hydrogen (secondary N) is 1. The van der Waals surface area contributed by atoms with Gasteiger partial charge >= 0.3 is 0 Å². The van der Waals surface area contributed by atoms with Gasteiger partial charge in [0.25, 0.3) is 0 Å². The minimum atomic E-state index is 0.464. The number of likely N-dealkylation sites (N-methyl/N-ethyl adjacent to an activating group) is 1. The van der Waals surface area contributed by atoms with Crippen molar-refractivity contribution in [1.29, 1.82) is 0 Å². The van der Waals surface area contributed by atoms with E-state index in [0.717, 1.165) is 42.0 Å². The SMILES string of the molecule is CCc1nncn1CCNC(=NCc1ccco1)N(C)CCOc1ccc(OC)cc1. The summed E-state index contributed by atoms with van der Waals surface area (Å²) in [5, 5.41) is 11.5. The lowest BCUT2D eigenvalue weighted by Crippen LogP contribution is -2.42. The number of benzene rings is 1. The number of ether oxygens (including phenoxy) is 2. The van der Waals surface area contributed by atoms with Crippen LogP contribution in [-0.4, -0.2) is 59.5 Å². The van der Waals surface area contributed by atoms with E-state index in [1.807, 2.05) is 52.9 Å². The number of furan rings is 1. The molecular formula is C22H30N6O3. The zero-order chi connectivity index (χ0) is 21.9. The molecule has 9 nitrogen and oxygen atoms in total. The van der Waals surface area contributed by atoms with Crippen molar-refractivity contribution in [3.63, 3.8) is 0 Å².